The normalized spacial score (nSPS) is 19.1. The molecule has 0 radical (unpaired) electrons. The molecule has 1 saturated heterocycles. The second-order valence-corrected chi connectivity index (χ2v) is 9.71. The van der Waals surface area contributed by atoms with Crippen molar-refractivity contribution < 1.29 is 14.4 Å². The summed E-state index contributed by atoms with van der Waals surface area (Å²) in [5.41, 5.74) is 3.46. The Morgan fingerprint density at radius 3 is 2.66 bits per heavy atom. The number of benzene rings is 1. The fourth-order valence-corrected chi connectivity index (χ4v) is 5.33. The Morgan fingerprint density at radius 2 is 1.91 bits per heavy atom. The average Bonchev–Trinajstić information content (AvgIpc) is 3.37. The van der Waals surface area contributed by atoms with Crippen molar-refractivity contribution in [2.45, 2.75) is 77.7 Å². The Bertz CT molecular complexity index is 1030. The van der Waals surface area contributed by atoms with Gasteiger partial charge < -0.3 is 18.9 Å². The Hall–Kier alpha value is -2.31. The molecule has 1 aliphatic carbocycles. The first-order chi connectivity index (χ1) is 15.6. The van der Waals surface area contributed by atoms with Gasteiger partial charge in [0, 0.05) is 49.3 Å². The summed E-state index contributed by atoms with van der Waals surface area (Å²) in [6.07, 6.45) is 10.8. The number of aliphatic hydroxyl groups excluding tert-OH is 1. The minimum absolute atomic E-state index is 0.140. The number of fused-ring (bicyclic) bond motifs is 1. The summed E-state index contributed by atoms with van der Waals surface area (Å²) in [5, 5.41) is 15.2. The molecule has 0 spiro atoms. The molecule has 0 unspecified atom stereocenters. The lowest BCUT2D eigenvalue weighted by molar-refractivity contribution is 0.0794. The van der Waals surface area contributed by atoms with E-state index in [1.54, 1.807) is 0 Å². The van der Waals surface area contributed by atoms with Crippen molar-refractivity contribution in [2.24, 2.45) is 5.92 Å². The summed E-state index contributed by atoms with van der Waals surface area (Å²) < 4.78 is 13.7. The van der Waals surface area contributed by atoms with Gasteiger partial charge >= 0.3 is 0 Å². The number of ether oxygens (including phenoxy) is 1. The number of aryl methyl sites for hydroxylation is 1. The van der Waals surface area contributed by atoms with Gasteiger partial charge in [-0.25, -0.2) is 0 Å². The van der Waals surface area contributed by atoms with Crippen molar-refractivity contribution in [3.63, 3.8) is 0 Å². The number of hydrogen-bond donors (Lipinski definition) is 1. The van der Waals surface area contributed by atoms with Crippen LogP contribution in [-0.4, -0.2) is 38.9 Å². The van der Waals surface area contributed by atoms with Crippen LogP contribution in [-0.2, 0) is 19.7 Å². The predicted octanol–water partition coefficient (Wildman–Crippen LogP) is 5.05. The third-order valence-corrected chi connectivity index (χ3v) is 7.13. The van der Waals surface area contributed by atoms with E-state index in [0.717, 1.165) is 62.1 Å². The molecule has 0 atom stereocenters. The molecule has 5 rings (SSSR count). The molecular formula is C26H35N3O3. The molecule has 0 bridgehead atoms. The van der Waals surface area contributed by atoms with Crippen molar-refractivity contribution in [3.8, 4) is 5.75 Å². The van der Waals surface area contributed by atoms with Crippen LogP contribution in [0.15, 0.2) is 35.0 Å². The molecule has 3 aromatic rings. The maximum absolute atomic E-state index is 9.88. The van der Waals surface area contributed by atoms with Gasteiger partial charge in [0.25, 0.3) is 0 Å². The molecule has 1 N–H and O–H groups in total. The van der Waals surface area contributed by atoms with E-state index in [1.807, 2.05) is 13.0 Å². The van der Waals surface area contributed by atoms with Gasteiger partial charge in [-0.2, -0.15) is 0 Å². The van der Waals surface area contributed by atoms with E-state index < -0.39 is 0 Å². The number of aromatic nitrogens is 2. The standard InChI is InChI=1S/C26H35N3O3/c1-19-13-22(27-32-19)18-31-24-7-8-26-25(14-24)21(16-28-11-9-23(30)10-12-28)17-29(26)15-20-5-3-2-4-6-20/h7-8,13-14,17,20,23,30H,2-6,9-12,15-16,18H2,1H3. The van der Waals surface area contributed by atoms with Crippen LogP contribution in [0.25, 0.3) is 10.9 Å². The fraction of sp³-hybridized carbons (Fsp3) is 0.577. The minimum atomic E-state index is -0.140. The molecule has 6 nitrogen and oxygen atoms in total. The van der Waals surface area contributed by atoms with Crippen LogP contribution in [0.3, 0.4) is 0 Å². The Labute approximate surface area is 190 Å². The van der Waals surface area contributed by atoms with Gasteiger partial charge in [0.1, 0.15) is 23.8 Å². The SMILES string of the molecule is Cc1cc(COc2ccc3c(c2)c(CN2CCC(O)CC2)cn3CC2CCCCC2)no1. The summed E-state index contributed by atoms with van der Waals surface area (Å²) in [6, 6.07) is 8.39. The molecule has 2 aliphatic rings. The zero-order chi connectivity index (χ0) is 21.9. The topological polar surface area (TPSA) is 63.7 Å². The molecule has 32 heavy (non-hydrogen) atoms. The van der Waals surface area contributed by atoms with Gasteiger partial charge in [-0.1, -0.05) is 24.4 Å². The number of rotatable bonds is 7. The van der Waals surface area contributed by atoms with Crippen LogP contribution in [0.5, 0.6) is 5.75 Å². The number of likely N-dealkylation sites (tertiary alicyclic amines) is 1. The lowest BCUT2D eigenvalue weighted by Gasteiger charge is -2.29. The molecule has 1 saturated carbocycles. The van der Waals surface area contributed by atoms with Gasteiger partial charge in [0.05, 0.1) is 6.10 Å². The molecule has 1 aromatic carbocycles. The third-order valence-electron chi connectivity index (χ3n) is 7.13. The smallest absolute Gasteiger partial charge is 0.134 e. The second kappa shape index (κ2) is 9.67. The minimum Gasteiger partial charge on any atom is -0.487 e. The first-order valence-corrected chi connectivity index (χ1v) is 12.2. The second-order valence-electron chi connectivity index (χ2n) is 9.71. The summed E-state index contributed by atoms with van der Waals surface area (Å²) in [5.74, 6) is 2.44. The van der Waals surface area contributed by atoms with E-state index in [0.29, 0.717) is 6.61 Å². The first-order valence-electron chi connectivity index (χ1n) is 12.2. The zero-order valence-corrected chi connectivity index (χ0v) is 19.1. The zero-order valence-electron chi connectivity index (χ0n) is 19.1. The van der Waals surface area contributed by atoms with Crippen molar-refractivity contribution in [1.29, 1.82) is 0 Å². The molecule has 3 heterocycles. The lowest BCUT2D eigenvalue weighted by Crippen LogP contribution is -2.35. The molecule has 6 heteroatoms. The van der Waals surface area contributed by atoms with E-state index in [-0.39, 0.29) is 6.10 Å². The average molecular weight is 438 g/mol. The van der Waals surface area contributed by atoms with Gasteiger partial charge in [-0.3, -0.25) is 4.90 Å². The first kappa shape index (κ1) is 21.5. The molecule has 172 valence electrons. The number of hydrogen-bond acceptors (Lipinski definition) is 5. The lowest BCUT2D eigenvalue weighted by atomic mass is 9.89. The highest BCUT2D eigenvalue weighted by Gasteiger charge is 2.21. The predicted molar refractivity (Wildman–Crippen MR) is 125 cm³/mol. The van der Waals surface area contributed by atoms with E-state index >= 15 is 0 Å². The van der Waals surface area contributed by atoms with Crippen LogP contribution in [0, 0.1) is 12.8 Å². The van der Waals surface area contributed by atoms with Gasteiger partial charge in [-0.15, -0.1) is 0 Å². The molecule has 2 aromatic heterocycles. The van der Waals surface area contributed by atoms with Crippen LogP contribution in [0.4, 0.5) is 0 Å². The van der Waals surface area contributed by atoms with E-state index in [1.165, 1.54) is 48.6 Å². The molecule has 1 aliphatic heterocycles. The maximum atomic E-state index is 9.88. The van der Waals surface area contributed by atoms with E-state index in [9.17, 15) is 5.11 Å². The number of aliphatic hydroxyl groups is 1. The van der Waals surface area contributed by atoms with Crippen LogP contribution < -0.4 is 4.74 Å². The Balaban J connectivity index is 1.38. The number of piperidine rings is 1. The summed E-state index contributed by atoms with van der Waals surface area (Å²) >= 11 is 0. The highest BCUT2D eigenvalue weighted by molar-refractivity contribution is 5.85. The Kier molecular flexibility index (Phi) is 6.51. The van der Waals surface area contributed by atoms with E-state index in [2.05, 4.69) is 39.0 Å². The summed E-state index contributed by atoms with van der Waals surface area (Å²) in [6.45, 7) is 6.24. The van der Waals surface area contributed by atoms with Gasteiger partial charge in [-0.05, 0) is 62.3 Å². The summed E-state index contributed by atoms with van der Waals surface area (Å²) in [4.78, 5) is 2.47. The molecular weight excluding hydrogens is 402 g/mol. The van der Waals surface area contributed by atoms with Crippen molar-refractivity contribution in [2.75, 3.05) is 13.1 Å². The largest absolute Gasteiger partial charge is 0.487 e. The quantitative estimate of drug-likeness (QED) is 0.560. The van der Waals surface area contributed by atoms with Crippen molar-refractivity contribution in [3.05, 3.63) is 47.5 Å². The molecule has 2 fully saturated rings. The monoisotopic (exact) mass is 437 g/mol. The van der Waals surface area contributed by atoms with Crippen molar-refractivity contribution in [1.82, 2.24) is 14.6 Å². The molecule has 0 amide bonds. The third kappa shape index (κ3) is 5.02. The van der Waals surface area contributed by atoms with Crippen molar-refractivity contribution >= 4 is 10.9 Å². The highest BCUT2D eigenvalue weighted by Crippen LogP contribution is 2.31. The Morgan fingerprint density at radius 1 is 1.09 bits per heavy atom. The van der Waals surface area contributed by atoms with Gasteiger partial charge in [0.15, 0.2) is 0 Å². The number of nitrogens with zero attached hydrogens (tertiary/aromatic N) is 3. The highest BCUT2D eigenvalue weighted by atomic mass is 16.5. The van der Waals surface area contributed by atoms with Crippen LogP contribution >= 0.6 is 0 Å². The fourth-order valence-electron chi connectivity index (χ4n) is 5.33. The van der Waals surface area contributed by atoms with Crippen LogP contribution in [0.1, 0.15) is 62.0 Å². The van der Waals surface area contributed by atoms with Crippen LogP contribution in [0.2, 0.25) is 0 Å². The van der Waals surface area contributed by atoms with Gasteiger partial charge in [0.2, 0.25) is 0 Å². The van der Waals surface area contributed by atoms with E-state index in [4.69, 9.17) is 9.26 Å². The summed E-state index contributed by atoms with van der Waals surface area (Å²) in [7, 11) is 0. The maximum Gasteiger partial charge on any atom is 0.134 e.